The van der Waals surface area contributed by atoms with Gasteiger partial charge in [-0.2, -0.15) is 0 Å². The third kappa shape index (κ3) is 4.30. The van der Waals surface area contributed by atoms with Crippen molar-refractivity contribution in [1.29, 1.82) is 0 Å². The number of fused-ring (bicyclic) bond motifs is 1. The van der Waals surface area contributed by atoms with Crippen LogP contribution in [0.1, 0.15) is 54.2 Å². The zero-order valence-electron chi connectivity index (χ0n) is 17.5. The fourth-order valence-electron chi connectivity index (χ4n) is 4.96. The first kappa shape index (κ1) is 19.7. The molecule has 0 amide bonds. The molecule has 0 spiro atoms. The van der Waals surface area contributed by atoms with Gasteiger partial charge in [-0.1, -0.05) is 65.9 Å². The van der Waals surface area contributed by atoms with Crippen LogP contribution < -0.4 is 11.1 Å². The quantitative estimate of drug-likeness (QED) is 0.419. The minimum absolute atomic E-state index is 0.179. The highest BCUT2D eigenvalue weighted by atomic mass is 15.3. The minimum atomic E-state index is 0.179. The van der Waals surface area contributed by atoms with Gasteiger partial charge in [0, 0.05) is 12.0 Å². The lowest BCUT2D eigenvalue weighted by Crippen LogP contribution is -2.28. The predicted molar refractivity (Wildman–Crippen MR) is 124 cm³/mol. The molecule has 0 bridgehead atoms. The molecule has 5 rings (SSSR count). The third-order valence-corrected chi connectivity index (χ3v) is 6.49. The smallest absolute Gasteiger partial charge is 0.178 e. The van der Waals surface area contributed by atoms with Crippen LogP contribution in [0.2, 0.25) is 0 Å². The van der Waals surface area contributed by atoms with Crippen molar-refractivity contribution in [1.82, 2.24) is 25.7 Å². The van der Waals surface area contributed by atoms with Gasteiger partial charge in [0.25, 0.3) is 0 Å². The van der Waals surface area contributed by atoms with Crippen molar-refractivity contribution in [2.24, 2.45) is 0 Å². The number of nitrogens with zero attached hydrogens (tertiary/aromatic N) is 3. The summed E-state index contributed by atoms with van der Waals surface area (Å²) >= 11 is 0. The molecule has 4 N–H and O–H groups in total. The molecule has 0 aliphatic heterocycles. The molecule has 1 aliphatic rings. The zero-order valence-corrected chi connectivity index (χ0v) is 17.5. The van der Waals surface area contributed by atoms with E-state index in [1.807, 2.05) is 12.1 Å². The molecule has 1 fully saturated rings. The van der Waals surface area contributed by atoms with Gasteiger partial charge in [0.15, 0.2) is 5.65 Å². The fraction of sp³-hybridized carbons (Fsp3) is 0.320. The van der Waals surface area contributed by atoms with Crippen LogP contribution in [0.15, 0.2) is 66.7 Å². The van der Waals surface area contributed by atoms with Crippen LogP contribution >= 0.6 is 0 Å². The summed E-state index contributed by atoms with van der Waals surface area (Å²) in [5.74, 6) is 1.33. The number of aromatic nitrogens is 4. The molecular weight excluding hydrogens is 384 g/mol. The second-order valence-electron chi connectivity index (χ2n) is 8.47. The van der Waals surface area contributed by atoms with Crippen molar-refractivity contribution in [3.05, 3.63) is 83.4 Å². The van der Waals surface area contributed by atoms with E-state index in [2.05, 4.69) is 80.3 Å². The molecular formula is C25H28N6. The number of H-pyrrole nitrogens is 1. The fourth-order valence-corrected chi connectivity index (χ4v) is 4.96. The second-order valence-corrected chi connectivity index (χ2v) is 8.47. The number of aromatic amines is 1. The molecule has 0 radical (unpaired) electrons. The zero-order chi connectivity index (χ0) is 21.0. The molecule has 31 heavy (non-hydrogen) atoms. The molecule has 158 valence electrons. The molecule has 2 heterocycles. The Morgan fingerprint density at radius 2 is 1.81 bits per heavy atom. The monoisotopic (exact) mass is 412 g/mol. The number of nitrogens with one attached hydrogen (secondary N) is 2. The van der Waals surface area contributed by atoms with Crippen LogP contribution in [-0.2, 0) is 0 Å². The number of pyridine rings is 1. The number of rotatable bonds is 7. The highest BCUT2D eigenvalue weighted by molar-refractivity contribution is 5.77. The van der Waals surface area contributed by atoms with Gasteiger partial charge in [-0.05, 0) is 60.9 Å². The van der Waals surface area contributed by atoms with E-state index in [9.17, 15) is 0 Å². The maximum atomic E-state index is 6.10. The predicted octanol–water partition coefficient (Wildman–Crippen LogP) is 4.38. The van der Waals surface area contributed by atoms with Crippen molar-refractivity contribution >= 4 is 17.0 Å². The van der Waals surface area contributed by atoms with Crippen molar-refractivity contribution in [2.45, 2.75) is 43.6 Å². The van der Waals surface area contributed by atoms with E-state index in [0.29, 0.717) is 23.4 Å². The summed E-state index contributed by atoms with van der Waals surface area (Å²) < 4.78 is 0. The number of hydrogen-bond acceptors (Lipinski definition) is 5. The van der Waals surface area contributed by atoms with Crippen molar-refractivity contribution in [3.63, 3.8) is 0 Å². The van der Waals surface area contributed by atoms with Crippen LogP contribution in [0.4, 0.5) is 5.82 Å². The summed E-state index contributed by atoms with van der Waals surface area (Å²) in [4.78, 5) is 4.33. The van der Waals surface area contributed by atoms with Crippen molar-refractivity contribution in [3.8, 4) is 0 Å². The van der Waals surface area contributed by atoms with Crippen molar-refractivity contribution < 1.29 is 0 Å². The number of anilines is 1. The average molecular weight is 413 g/mol. The first-order valence-electron chi connectivity index (χ1n) is 11.1. The Labute approximate surface area is 182 Å². The number of hydrogen-bond donors (Lipinski definition) is 3. The van der Waals surface area contributed by atoms with E-state index in [1.54, 1.807) is 0 Å². The summed E-state index contributed by atoms with van der Waals surface area (Å²) in [5.41, 5.74) is 11.3. The normalized spacial score (nSPS) is 19.6. The van der Waals surface area contributed by atoms with Gasteiger partial charge in [0.1, 0.15) is 11.3 Å². The van der Waals surface area contributed by atoms with E-state index in [4.69, 9.17) is 5.73 Å². The Balaban J connectivity index is 1.31. The summed E-state index contributed by atoms with van der Waals surface area (Å²) in [6.45, 7) is 0.938. The standard InChI is InChI=1S/C25H28N6/c26-23-16-22(24-25(28-23)30-31-29-24)21(18-9-5-2-6-10-18)13-14-27-20-12-11-19(15-20)17-7-3-1-4-8-17/h1-10,16,19-21,27H,11-15H2,(H3,26,28,29,30,31)/t19-,20+,21?/m1/s1. The lowest BCUT2D eigenvalue weighted by atomic mass is 9.88. The van der Waals surface area contributed by atoms with Gasteiger partial charge >= 0.3 is 0 Å². The Kier molecular flexibility index (Phi) is 5.63. The van der Waals surface area contributed by atoms with Crippen LogP contribution in [0.25, 0.3) is 11.2 Å². The first-order valence-corrected chi connectivity index (χ1v) is 11.1. The number of nitrogens with two attached hydrogens (primary N) is 1. The lowest BCUT2D eigenvalue weighted by Gasteiger charge is -2.21. The molecule has 4 aromatic rings. The summed E-state index contributed by atoms with van der Waals surface area (Å²) in [7, 11) is 0. The SMILES string of the molecule is Nc1cc(C(CCN[C@H]2CC[C@@H](c3ccccc3)C2)c2ccccc2)c2nn[nH]c2n1. The van der Waals surface area contributed by atoms with Gasteiger partial charge in [-0.3, -0.25) is 0 Å². The molecule has 2 aromatic heterocycles. The third-order valence-electron chi connectivity index (χ3n) is 6.49. The van der Waals surface area contributed by atoms with Gasteiger partial charge in [-0.25, -0.2) is 10.1 Å². The van der Waals surface area contributed by atoms with E-state index in [1.165, 1.54) is 30.4 Å². The summed E-state index contributed by atoms with van der Waals surface area (Å²) in [6, 6.07) is 24.0. The largest absolute Gasteiger partial charge is 0.384 e. The van der Waals surface area contributed by atoms with Gasteiger partial charge in [-0.15, -0.1) is 5.10 Å². The topological polar surface area (TPSA) is 92.5 Å². The molecule has 3 atom stereocenters. The van der Waals surface area contributed by atoms with Crippen molar-refractivity contribution in [2.75, 3.05) is 12.3 Å². The molecule has 0 saturated heterocycles. The van der Waals surface area contributed by atoms with E-state index < -0.39 is 0 Å². The Morgan fingerprint density at radius 1 is 1.03 bits per heavy atom. The lowest BCUT2D eigenvalue weighted by molar-refractivity contribution is 0.498. The van der Waals surface area contributed by atoms with Crippen LogP contribution in [0, 0.1) is 0 Å². The average Bonchev–Trinajstić information content (AvgIpc) is 3.47. The van der Waals surface area contributed by atoms with Gasteiger partial charge in [0.05, 0.1) is 0 Å². The highest BCUT2D eigenvalue weighted by Gasteiger charge is 2.26. The molecule has 2 aromatic carbocycles. The first-order chi connectivity index (χ1) is 15.3. The van der Waals surface area contributed by atoms with E-state index in [-0.39, 0.29) is 5.92 Å². The van der Waals surface area contributed by atoms with Crippen LogP contribution in [0.5, 0.6) is 0 Å². The maximum Gasteiger partial charge on any atom is 0.178 e. The summed E-state index contributed by atoms with van der Waals surface area (Å²) in [6.07, 6.45) is 4.65. The van der Waals surface area contributed by atoms with Gasteiger partial charge < -0.3 is 11.1 Å². The number of benzene rings is 2. The molecule has 1 aliphatic carbocycles. The van der Waals surface area contributed by atoms with E-state index in [0.717, 1.165) is 24.0 Å². The van der Waals surface area contributed by atoms with Crippen LogP contribution in [-0.4, -0.2) is 33.0 Å². The number of nitrogen functional groups attached to an aromatic ring is 1. The highest BCUT2D eigenvalue weighted by Crippen LogP contribution is 2.35. The second kappa shape index (κ2) is 8.86. The molecule has 6 heteroatoms. The minimum Gasteiger partial charge on any atom is -0.384 e. The Hall–Kier alpha value is -3.25. The maximum absolute atomic E-state index is 6.10. The molecule has 6 nitrogen and oxygen atoms in total. The van der Waals surface area contributed by atoms with E-state index >= 15 is 0 Å². The van der Waals surface area contributed by atoms with Gasteiger partial charge in [0.2, 0.25) is 0 Å². The Bertz CT molecular complexity index is 1120. The Morgan fingerprint density at radius 3 is 2.61 bits per heavy atom. The molecule has 1 unspecified atom stereocenters. The molecule has 1 saturated carbocycles. The summed E-state index contributed by atoms with van der Waals surface area (Å²) in [5, 5.41) is 14.9. The van der Waals surface area contributed by atoms with Crippen LogP contribution in [0.3, 0.4) is 0 Å².